The minimum atomic E-state index is -0.732. The average molecular weight is 209 g/mol. The fraction of sp³-hybridized carbons (Fsp3) is 0.636. The van der Waals surface area contributed by atoms with Crippen LogP contribution in [-0.4, -0.2) is 20.9 Å². The average Bonchev–Trinajstić information content (AvgIpc) is 2.65. The van der Waals surface area contributed by atoms with Gasteiger partial charge < -0.3 is 10.3 Å². The van der Waals surface area contributed by atoms with Crippen LogP contribution in [0, 0.1) is 0 Å². The summed E-state index contributed by atoms with van der Waals surface area (Å²) in [6.07, 6.45) is 4.56. The van der Waals surface area contributed by atoms with Gasteiger partial charge >= 0.3 is 0 Å². The van der Waals surface area contributed by atoms with Crippen LogP contribution in [0.3, 0.4) is 0 Å². The van der Waals surface area contributed by atoms with Crippen molar-refractivity contribution in [2.24, 2.45) is 5.73 Å². The number of aryl methyl sites for hydroxylation is 1. The summed E-state index contributed by atoms with van der Waals surface area (Å²) in [5.41, 5.74) is 5.15. The lowest BCUT2D eigenvalue weighted by Gasteiger charge is -2.20. The van der Waals surface area contributed by atoms with E-state index in [9.17, 15) is 4.79 Å². The zero-order valence-corrected chi connectivity index (χ0v) is 9.66. The van der Waals surface area contributed by atoms with Gasteiger partial charge in [-0.2, -0.15) is 0 Å². The lowest BCUT2D eigenvalue weighted by molar-refractivity contribution is -0.123. The van der Waals surface area contributed by atoms with Gasteiger partial charge in [0, 0.05) is 18.9 Å². The van der Waals surface area contributed by atoms with Crippen LogP contribution in [-0.2, 0) is 17.8 Å². The molecular weight excluding hydrogens is 190 g/mol. The Bertz CT molecular complexity index is 341. The van der Waals surface area contributed by atoms with Crippen molar-refractivity contribution >= 4 is 5.78 Å². The predicted molar refractivity (Wildman–Crippen MR) is 59.5 cm³/mol. The van der Waals surface area contributed by atoms with Crippen molar-refractivity contribution in [3.05, 3.63) is 18.2 Å². The largest absolute Gasteiger partial charge is 0.335 e. The number of nitrogens with two attached hydrogens (primary N) is 1. The maximum Gasteiger partial charge on any atom is 0.159 e. The Kier molecular flexibility index (Phi) is 3.63. The number of rotatable bonds is 5. The Morgan fingerprint density at radius 2 is 2.27 bits per heavy atom. The number of imidazole rings is 1. The molecule has 15 heavy (non-hydrogen) atoms. The highest BCUT2D eigenvalue weighted by Gasteiger charge is 2.26. The molecule has 0 radical (unpaired) electrons. The maximum atomic E-state index is 11.9. The van der Waals surface area contributed by atoms with E-state index >= 15 is 0 Å². The summed E-state index contributed by atoms with van der Waals surface area (Å²) in [4.78, 5) is 16.0. The van der Waals surface area contributed by atoms with E-state index in [1.54, 1.807) is 13.1 Å². The normalized spacial score (nSPS) is 14.9. The number of ketones is 1. The zero-order valence-electron chi connectivity index (χ0n) is 9.66. The first-order chi connectivity index (χ1) is 7.01. The van der Waals surface area contributed by atoms with Crippen molar-refractivity contribution in [1.82, 2.24) is 9.55 Å². The molecule has 1 atom stereocenters. The Morgan fingerprint density at radius 3 is 2.80 bits per heavy atom. The molecule has 0 aromatic carbocycles. The molecule has 0 amide bonds. The van der Waals surface area contributed by atoms with Crippen LogP contribution in [0.5, 0.6) is 0 Å². The molecule has 84 valence electrons. The van der Waals surface area contributed by atoms with Gasteiger partial charge in [0.2, 0.25) is 0 Å². The molecule has 0 aliphatic rings. The molecule has 1 aromatic rings. The van der Waals surface area contributed by atoms with E-state index in [0.717, 1.165) is 12.4 Å². The van der Waals surface area contributed by atoms with E-state index in [0.29, 0.717) is 12.8 Å². The SMILES string of the molecule is CCn1ccnc1CC(=O)C(C)(N)CC. The maximum absolute atomic E-state index is 11.9. The summed E-state index contributed by atoms with van der Waals surface area (Å²) in [6, 6.07) is 0. The van der Waals surface area contributed by atoms with Gasteiger partial charge in [0.15, 0.2) is 5.78 Å². The highest BCUT2D eigenvalue weighted by molar-refractivity contribution is 5.88. The van der Waals surface area contributed by atoms with Crippen molar-refractivity contribution < 1.29 is 4.79 Å². The predicted octanol–water partition coefficient (Wildman–Crippen LogP) is 1.14. The number of Topliss-reactive ketones (excluding diaryl/α,β-unsaturated/α-hetero) is 1. The van der Waals surface area contributed by atoms with E-state index in [-0.39, 0.29) is 5.78 Å². The second-order valence-corrected chi connectivity index (χ2v) is 4.00. The Morgan fingerprint density at radius 1 is 1.60 bits per heavy atom. The fourth-order valence-corrected chi connectivity index (χ4v) is 1.34. The van der Waals surface area contributed by atoms with Crippen LogP contribution >= 0.6 is 0 Å². The Hall–Kier alpha value is -1.16. The summed E-state index contributed by atoms with van der Waals surface area (Å²) in [5, 5.41) is 0. The second-order valence-electron chi connectivity index (χ2n) is 4.00. The van der Waals surface area contributed by atoms with E-state index < -0.39 is 5.54 Å². The number of hydrogen-bond donors (Lipinski definition) is 1. The summed E-state index contributed by atoms with van der Waals surface area (Å²) < 4.78 is 1.96. The molecule has 1 rings (SSSR count). The van der Waals surface area contributed by atoms with Crippen molar-refractivity contribution in [3.8, 4) is 0 Å². The standard InChI is InChI=1S/C11H19N3O/c1-4-11(3,12)9(15)8-10-13-6-7-14(10)5-2/h6-7H,4-5,8,12H2,1-3H3. The molecule has 0 fully saturated rings. The lowest BCUT2D eigenvalue weighted by Crippen LogP contribution is -2.45. The van der Waals surface area contributed by atoms with Gasteiger partial charge in [-0.3, -0.25) is 4.79 Å². The summed E-state index contributed by atoms with van der Waals surface area (Å²) in [6.45, 7) is 6.55. The molecule has 0 aliphatic heterocycles. The minimum Gasteiger partial charge on any atom is -0.335 e. The highest BCUT2D eigenvalue weighted by atomic mass is 16.1. The van der Waals surface area contributed by atoms with E-state index in [1.807, 2.05) is 24.6 Å². The zero-order chi connectivity index (χ0) is 11.5. The lowest BCUT2D eigenvalue weighted by atomic mass is 9.92. The van der Waals surface area contributed by atoms with Crippen molar-refractivity contribution in [2.45, 2.75) is 45.7 Å². The van der Waals surface area contributed by atoms with Gasteiger partial charge in [-0.1, -0.05) is 6.92 Å². The quantitative estimate of drug-likeness (QED) is 0.791. The smallest absolute Gasteiger partial charge is 0.159 e. The van der Waals surface area contributed by atoms with Crippen LogP contribution in [0.25, 0.3) is 0 Å². The molecule has 1 unspecified atom stereocenters. The van der Waals surface area contributed by atoms with Gasteiger partial charge in [-0.25, -0.2) is 4.98 Å². The molecule has 4 nitrogen and oxygen atoms in total. The van der Waals surface area contributed by atoms with Gasteiger partial charge in [0.1, 0.15) is 5.82 Å². The van der Waals surface area contributed by atoms with Crippen molar-refractivity contribution in [3.63, 3.8) is 0 Å². The fourth-order valence-electron chi connectivity index (χ4n) is 1.34. The van der Waals surface area contributed by atoms with Crippen molar-refractivity contribution in [1.29, 1.82) is 0 Å². The third-order valence-electron chi connectivity index (χ3n) is 2.83. The topological polar surface area (TPSA) is 60.9 Å². The first-order valence-corrected chi connectivity index (χ1v) is 5.33. The second kappa shape index (κ2) is 4.57. The molecular formula is C11H19N3O. The third-order valence-corrected chi connectivity index (χ3v) is 2.83. The molecule has 0 spiro atoms. The van der Waals surface area contributed by atoms with Gasteiger partial charge in [0.05, 0.1) is 12.0 Å². The van der Waals surface area contributed by atoms with E-state index in [1.165, 1.54) is 0 Å². The summed E-state index contributed by atoms with van der Waals surface area (Å²) in [7, 11) is 0. The molecule has 0 bridgehead atoms. The number of aromatic nitrogens is 2. The molecule has 4 heteroatoms. The molecule has 1 heterocycles. The third kappa shape index (κ3) is 2.65. The van der Waals surface area contributed by atoms with Gasteiger partial charge in [-0.05, 0) is 20.3 Å². The number of hydrogen-bond acceptors (Lipinski definition) is 3. The molecule has 2 N–H and O–H groups in total. The first-order valence-electron chi connectivity index (χ1n) is 5.33. The number of carbonyl (C=O) groups excluding carboxylic acids is 1. The number of nitrogens with zero attached hydrogens (tertiary/aromatic N) is 2. The van der Waals surface area contributed by atoms with E-state index in [2.05, 4.69) is 4.98 Å². The number of carbonyl (C=O) groups is 1. The Balaban J connectivity index is 2.74. The molecule has 0 saturated carbocycles. The summed E-state index contributed by atoms with van der Waals surface area (Å²) in [5.74, 6) is 0.846. The monoisotopic (exact) mass is 209 g/mol. The Labute approximate surface area is 90.5 Å². The van der Waals surface area contributed by atoms with Gasteiger partial charge in [0.25, 0.3) is 0 Å². The minimum absolute atomic E-state index is 0.0471. The van der Waals surface area contributed by atoms with Crippen LogP contribution < -0.4 is 5.73 Å². The first kappa shape index (κ1) is 11.9. The van der Waals surface area contributed by atoms with Crippen LogP contribution in [0.4, 0.5) is 0 Å². The molecule has 0 aliphatic carbocycles. The van der Waals surface area contributed by atoms with Crippen LogP contribution in [0.2, 0.25) is 0 Å². The van der Waals surface area contributed by atoms with Crippen LogP contribution in [0.1, 0.15) is 33.0 Å². The molecule has 1 aromatic heterocycles. The van der Waals surface area contributed by atoms with E-state index in [4.69, 9.17) is 5.73 Å². The molecule has 0 saturated heterocycles. The van der Waals surface area contributed by atoms with Crippen LogP contribution in [0.15, 0.2) is 12.4 Å². The van der Waals surface area contributed by atoms with Gasteiger partial charge in [-0.15, -0.1) is 0 Å². The van der Waals surface area contributed by atoms with Crippen molar-refractivity contribution in [2.75, 3.05) is 0 Å². The summed E-state index contributed by atoms with van der Waals surface area (Å²) >= 11 is 0. The highest BCUT2D eigenvalue weighted by Crippen LogP contribution is 2.10.